The minimum atomic E-state index is -0.788. The molecule has 0 aromatic rings. The fourth-order valence-electron chi connectivity index (χ4n) is 8.01. The lowest BCUT2D eigenvalue weighted by Gasteiger charge is -2.24. The second kappa shape index (κ2) is 47.4. The van der Waals surface area contributed by atoms with Crippen molar-refractivity contribution < 1.29 is 24.5 Å². The van der Waals surface area contributed by atoms with Crippen LogP contribution in [0, 0.1) is 0 Å². The summed E-state index contributed by atoms with van der Waals surface area (Å²) in [6, 6.07) is -0.703. The van der Waals surface area contributed by atoms with E-state index in [1.807, 2.05) is 0 Å². The van der Waals surface area contributed by atoms with Gasteiger partial charge in [-0.3, -0.25) is 9.59 Å². The number of allylic oxidation sites excluding steroid dienone is 4. The van der Waals surface area contributed by atoms with Crippen molar-refractivity contribution in [3.63, 3.8) is 0 Å². The van der Waals surface area contributed by atoms with Crippen LogP contribution in [0.15, 0.2) is 24.3 Å². The second-order valence-electron chi connectivity index (χ2n) is 17.9. The summed E-state index contributed by atoms with van der Waals surface area (Å²) >= 11 is 0. The third-order valence-corrected chi connectivity index (χ3v) is 12.0. The third kappa shape index (κ3) is 42.8. The van der Waals surface area contributed by atoms with E-state index in [9.17, 15) is 19.8 Å². The fraction of sp³-hybridized carbons (Fsp3) is 0.887. The number of ether oxygens (including phenoxy) is 1. The third-order valence-electron chi connectivity index (χ3n) is 12.0. The van der Waals surface area contributed by atoms with E-state index >= 15 is 0 Å². The Morgan fingerprint density at radius 1 is 0.475 bits per heavy atom. The Balaban J connectivity index is 4.47. The van der Waals surface area contributed by atoms with Crippen molar-refractivity contribution in [3.05, 3.63) is 24.3 Å². The summed E-state index contributed by atoms with van der Waals surface area (Å²) in [7, 11) is 0. The van der Waals surface area contributed by atoms with Crippen LogP contribution in [0.4, 0.5) is 0 Å². The van der Waals surface area contributed by atoms with Crippen LogP contribution < -0.4 is 5.32 Å². The Morgan fingerprint density at radius 3 is 1.25 bits per heavy atom. The molecule has 59 heavy (non-hydrogen) atoms. The molecule has 0 heterocycles. The number of hydrogen-bond donors (Lipinski definition) is 3. The SMILES string of the molecule is CCCCC/C=C\CCCCCC(CC(=O)NC(CO)C(O)CCCCCCCCCCCCCC)OC(=O)CCCCCCC/C=C/CCCCCCCCCCC. The first kappa shape index (κ1) is 57.3. The molecule has 0 aliphatic carbocycles. The Bertz CT molecular complexity index is 935. The average Bonchev–Trinajstić information content (AvgIpc) is 3.23. The monoisotopic (exact) mass is 832 g/mol. The zero-order valence-corrected chi connectivity index (χ0v) is 39.7. The smallest absolute Gasteiger partial charge is 0.306 e. The van der Waals surface area contributed by atoms with Gasteiger partial charge in [-0.15, -0.1) is 0 Å². The normalized spacial score (nSPS) is 13.4. The van der Waals surface area contributed by atoms with Gasteiger partial charge in [0.05, 0.1) is 25.2 Å². The van der Waals surface area contributed by atoms with Crippen LogP contribution in [0.2, 0.25) is 0 Å². The van der Waals surface area contributed by atoms with Gasteiger partial charge in [0, 0.05) is 6.42 Å². The van der Waals surface area contributed by atoms with E-state index in [4.69, 9.17) is 4.74 Å². The topological polar surface area (TPSA) is 95.9 Å². The Kier molecular flexibility index (Phi) is 46.1. The van der Waals surface area contributed by atoms with Gasteiger partial charge >= 0.3 is 5.97 Å². The second-order valence-corrected chi connectivity index (χ2v) is 17.9. The quantitative estimate of drug-likeness (QED) is 0.0322. The maximum atomic E-state index is 13.2. The maximum Gasteiger partial charge on any atom is 0.306 e. The van der Waals surface area contributed by atoms with Crippen LogP contribution in [-0.2, 0) is 14.3 Å². The molecule has 6 nitrogen and oxygen atoms in total. The summed E-state index contributed by atoms with van der Waals surface area (Å²) in [6.45, 7) is 6.46. The Morgan fingerprint density at radius 2 is 0.814 bits per heavy atom. The molecule has 0 radical (unpaired) electrons. The van der Waals surface area contributed by atoms with Crippen molar-refractivity contribution in [2.45, 2.75) is 296 Å². The number of nitrogens with one attached hydrogen (secondary N) is 1. The largest absolute Gasteiger partial charge is 0.462 e. The van der Waals surface area contributed by atoms with E-state index in [1.54, 1.807) is 0 Å². The van der Waals surface area contributed by atoms with Crippen LogP contribution in [0.1, 0.15) is 278 Å². The van der Waals surface area contributed by atoms with Crippen molar-refractivity contribution in [2.75, 3.05) is 6.61 Å². The van der Waals surface area contributed by atoms with E-state index in [2.05, 4.69) is 50.4 Å². The maximum absolute atomic E-state index is 13.2. The van der Waals surface area contributed by atoms with Gasteiger partial charge in [-0.25, -0.2) is 0 Å². The minimum Gasteiger partial charge on any atom is -0.462 e. The van der Waals surface area contributed by atoms with E-state index < -0.39 is 18.2 Å². The van der Waals surface area contributed by atoms with Crippen molar-refractivity contribution in [1.82, 2.24) is 5.32 Å². The van der Waals surface area contributed by atoms with Crippen LogP contribution in [0.3, 0.4) is 0 Å². The van der Waals surface area contributed by atoms with E-state index in [0.29, 0.717) is 19.3 Å². The number of carbonyl (C=O) groups excluding carboxylic acids is 2. The highest BCUT2D eigenvalue weighted by molar-refractivity contribution is 5.77. The molecule has 1 amide bonds. The molecule has 0 aliphatic heterocycles. The van der Waals surface area contributed by atoms with Crippen LogP contribution in [0.25, 0.3) is 0 Å². The Hall–Kier alpha value is -1.66. The standard InChI is InChI=1S/C53H101NO5/c1-4-7-10-13-16-19-22-24-25-26-27-28-29-31-34-37-40-43-46-53(58)59-49(44-41-38-35-32-21-18-15-12-9-6-3)47-52(57)54-50(48-55)51(56)45-42-39-36-33-30-23-20-17-14-11-8-5-2/h18,21,27-28,49-51,55-56H,4-17,19-20,22-26,29-48H2,1-3H3,(H,54,57)/b21-18-,28-27+. The number of aliphatic hydroxyl groups excluding tert-OH is 2. The highest BCUT2D eigenvalue weighted by atomic mass is 16.5. The highest BCUT2D eigenvalue weighted by Gasteiger charge is 2.24. The average molecular weight is 832 g/mol. The van der Waals surface area contributed by atoms with Crippen LogP contribution in [0.5, 0.6) is 0 Å². The summed E-state index contributed by atoms with van der Waals surface area (Å²) in [4.78, 5) is 26.1. The van der Waals surface area contributed by atoms with E-state index in [-0.39, 0.29) is 24.9 Å². The summed E-state index contributed by atoms with van der Waals surface area (Å²) in [6.07, 6.45) is 53.9. The summed E-state index contributed by atoms with van der Waals surface area (Å²) in [5, 5.41) is 23.7. The molecule has 0 aromatic heterocycles. The molecule has 0 saturated heterocycles. The lowest BCUT2D eigenvalue weighted by molar-refractivity contribution is -0.151. The van der Waals surface area contributed by atoms with Crippen LogP contribution >= 0.6 is 0 Å². The summed E-state index contributed by atoms with van der Waals surface area (Å²) < 4.78 is 5.91. The minimum absolute atomic E-state index is 0.0670. The highest BCUT2D eigenvalue weighted by Crippen LogP contribution is 2.18. The van der Waals surface area contributed by atoms with Gasteiger partial charge in [-0.2, -0.15) is 0 Å². The number of esters is 1. The Labute approximate surface area is 367 Å². The molecule has 0 bridgehead atoms. The number of unbranched alkanes of at least 4 members (excludes halogenated alkanes) is 31. The van der Waals surface area contributed by atoms with Gasteiger partial charge in [0.2, 0.25) is 5.91 Å². The predicted molar refractivity (Wildman–Crippen MR) is 255 cm³/mol. The van der Waals surface area contributed by atoms with Crippen molar-refractivity contribution in [3.8, 4) is 0 Å². The molecule has 0 spiro atoms. The summed E-state index contributed by atoms with van der Waals surface area (Å²) in [5.41, 5.74) is 0. The van der Waals surface area contributed by atoms with Crippen molar-refractivity contribution in [1.29, 1.82) is 0 Å². The van der Waals surface area contributed by atoms with Gasteiger partial charge in [0.25, 0.3) is 0 Å². The fourth-order valence-corrected chi connectivity index (χ4v) is 8.01. The molecule has 3 unspecified atom stereocenters. The lowest BCUT2D eigenvalue weighted by Crippen LogP contribution is -2.46. The van der Waals surface area contributed by atoms with Crippen molar-refractivity contribution in [2.24, 2.45) is 0 Å². The molecular weight excluding hydrogens is 731 g/mol. The zero-order valence-electron chi connectivity index (χ0n) is 39.7. The van der Waals surface area contributed by atoms with Gasteiger partial charge in [-0.05, 0) is 77.0 Å². The first-order chi connectivity index (χ1) is 29.0. The predicted octanol–water partition coefficient (Wildman–Crippen LogP) is 15.5. The molecule has 348 valence electrons. The summed E-state index contributed by atoms with van der Waals surface area (Å²) in [5.74, 6) is -0.490. The van der Waals surface area contributed by atoms with Crippen LogP contribution in [-0.4, -0.2) is 46.9 Å². The van der Waals surface area contributed by atoms with Gasteiger partial charge in [-0.1, -0.05) is 212 Å². The first-order valence-corrected chi connectivity index (χ1v) is 26.1. The molecule has 0 aliphatic rings. The van der Waals surface area contributed by atoms with Gasteiger partial charge in [0.1, 0.15) is 6.10 Å². The zero-order chi connectivity index (χ0) is 43.1. The van der Waals surface area contributed by atoms with Gasteiger partial charge < -0.3 is 20.3 Å². The molecule has 0 fully saturated rings. The van der Waals surface area contributed by atoms with Crippen molar-refractivity contribution >= 4 is 11.9 Å². The lowest BCUT2D eigenvalue weighted by atomic mass is 10.0. The number of amides is 1. The number of rotatable bonds is 47. The molecule has 0 rings (SSSR count). The number of hydrogen-bond acceptors (Lipinski definition) is 5. The number of aliphatic hydroxyl groups is 2. The van der Waals surface area contributed by atoms with E-state index in [0.717, 1.165) is 77.0 Å². The molecule has 0 saturated carbocycles. The first-order valence-electron chi connectivity index (χ1n) is 26.1. The molecule has 0 aromatic carbocycles. The molecule has 6 heteroatoms. The van der Waals surface area contributed by atoms with E-state index in [1.165, 1.54) is 154 Å². The molecular formula is C53H101NO5. The molecule has 3 atom stereocenters. The number of carbonyl (C=O) groups is 2. The molecule has 3 N–H and O–H groups in total. The van der Waals surface area contributed by atoms with Gasteiger partial charge in [0.15, 0.2) is 0 Å².